The summed E-state index contributed by atoms with van der Waals surface area (Å²) >= 11 is 0. The second-order valence-corrected chi connectivity index (χ2v) is 8.78. The van der Waals surface area contributed by atoms with Crippen molar-refractivity contribution in [2.75, 3.05) is 46.3 Å². The van der Waals surface area contributed by atoms with Gasteiger partial charge in [-0.15, -0.1) is 0 Å². The molecule has 0 saturated carbocycles. The van der Waals surface area contributed by atoms with Crippen LogP contribution in [0.5, 0.6) is 0 Å². The molecule has 1 fully saturated rings. The number of benzene rings is 1. The van der Waals surface area contributed by atoms with E-state index >= 15 is 0 Å². The smallest absolute Gasteiger partial charge is 0.341 e. The summed E-state index contributed by atoms with van der Waals surface area (Å²) in [6.45, 7) is 10.3. The molecule has 9 nitrogen and oxygen atoms in total. The Bertz CT molecular complexity index is 1120. The number of aromatic carboxylic acids is 1. The lowest BCUT2D eigenvalue weighted by Crippen LogP contribution is -2.42. The third-order valence-corrected chi connectivity index (χ3v) is 6.21. The number of carboxylic acid groups (broad SMARTS) is 1. The summed E-state index contributed by atoms with van der Waals surface area (Å²) in [4.78, 5) is 24.0. The molecule has 1 aromatic carbocycles. The van der Waals surface area contributed by atoms with Crippen LogP contribution < -0.4 is 10.7 Å². The lowest BCUT2D eigenvalue weighted by Gasteiger charge is -2.34. The van der Waals surface area contributed by atoms with E-state index in [1.54, 1.807) is 16.7 Å². The zero-order chi connectivity index (χ0) is 25.9. The second-order valence-electron chi connectivity index (χ2n) is 8.78. The number of aryl methyl sites for hydroxylation is 1. The SMILES string of the molecule is CCn1cc(C(=O)O)c(=O)c2cc(C#CCOCCOCCNCO[C@H]3[C@H](C)OCC[C@@H]3C)ccc21. The van der Waals surface area contributed by atoms with Crippen LogP contribution in [0.3, 0.4) is 0 Å². The molecule has 1 saturated heterocycles. The van der Waals surface area contributed by atoms with Gasteiger partial charge in [-0.1, -0.05) is 18.8 Å². The van der Waals surface area contributed by atoms with Gasteiger partial charge in [0.1, 0.15) is 12.2 Å². The molecular weight excluding hydrogens is 464 g/mol. The van der Waals surface area contributed by atoms with Crippen LogP contribution in [0.4, 0.5) is 0 Å². The highest BCUT2D eigenvalue weighted by Gasteiger charge is 2.29. The number of hydrogen-bond acceptors (Lipinski definition) is 7. The van der Waals surface area contributed by atoms with Crippen molar-refractivity contribution >= 4 is 16.9 Å². The fraction of sp³-hybridized carbons (Fsp3) is 0.556. The van der Waals surface area contributed by atoms with Gasteiger partial charge in [0.05, 0.1) is 44.3 Å². The number of hydrogen-bond donors (Lipinski definition) is 2. The molecule has 196 valence electrons. The largest absolute Gasteiger partial charge is 0.477 e. The number of fused-ring (bicyclic) bond motifs is 1. The second kappa shape index (κ2) is 14.1. The molecule has 3 rings (SSSR count). The van der Waals surface area contributed by atoms with E-state index in [0.29, 0.717) is 62.0 Å². The molecule has 3 atom stereocenters. The van der Waals surface area contributed by atoms with E-state index in [-0.39, 0.29) is 24.4 Å². The number of pyridine rings is 1. The lowest BCUT2D eigenvalue weighted by atomic mass is 9.95. The third-order valence-electron chi connectivity index (χ3n) is 6.21. The van der Waals surface area contributed by atoms with Crippen molar-refractivity contribution < 1.29 is 28.8 Å². The Kier molecular flexibility index (Phi) is 10.9. The van der Waals surface area contributed by atoms with Gasteiger partial charge in [0, 0.05) is 36.8 Å². The third kappa shape index (κ3) is 7.63. The Balaban J connectivity index is 1.33. The van der Waals surface area contributed by atoms with Gasteiger partial charge < -0.3 is 28.6 Å². The van der Waals surface area contributed by atoms with Crippen LogP contribution in [0.15, 0.2) is 29.2 Å². The molecule has 1 aromatic heterocycles. The van der Waals surface area contributed by atoms with Crippen molar-refractivity contribution in [1.82, 2.24) is 9.88 Å². The van der Waals surface area contributed by atoms with Crippen LogP contribution in [0.25, 0.3) is 10.9 Å². The molecule has 0 unspecified atom stereocenters. The summed E-state index contributed by atoms with van der Waals surface area (Å²) < 4.78 is 24.3. The zero-order valence-electron chi connectivity index (χ0n) is 21.2. The van der Waals surface area contributed by atoms with Gasteiger partial charge in [0.15, 0.2) is 0 Å². The highest BCUT2D eigenvalue weighted by atomic mass is 16.5. The van der Waals surface area contributed by atoms with Gasteiger partial charge in [-0.2, -0.15) is 0 Å². The Hall–Kier alpha value is -2.74. The van der Waals surface area contributed by atoms with Gasteiger partial charge in [-0.25, -0.2) is 4.79 Å². The van der Waals surface area contributed by atoms with Crippen molar-refractivity contribution in [1.29, 1.82) is 0 Å². The van der Waals surface area contributed by atoms with Gasteiger partial charge in [0.25, 0.3) is 0 Å². The van der Waals surface area contributed by atoms with E-state index in [9.17, 15) is 14.7 Å². The number of nitrogens with zero attached hydrogens (tertiary/aromatic N) is 1. The Morgan fingerprint density at radius 2 is 2.06 bits per heavy atom. The van der Waals surface area contributed by atoms with Crippen LogP contribution in [0, 0.1) is 17.8 Å². The molecule has 0 bridgehead atoms. The van der Waals surface area contributed by atoms with E-state index in [2.05, 4.69) is 31.0 Å². The lowest BCUT2D eigenvalue weighted by molar-refractivity contribution is -0.127. The molecule has 1 aliphatic rings. The molecule has 0 spiro atoms. The van der Waals surface area contributed by atoms with Crippen molar-refractivity contribution in [2.24, 2.45) is 5.92 Å². The number of rotatable bonds is 12. The van der Waals surface area contributed by atoms with E-state index < -0.39 is 11.4 Å². The van der Waals surface area contributed by atoms with E-state index in [0.717, 1.165) is 13.0 Å². The molecule has 0 radical (unpaired) electrons. The average molecular weight is 501 g/mol. The first kappa shape index (κ1) is 27.8. The molecule has 2 N–H and O–H groups in total. The van der Waals surface area contributed by atoms with E-state index in [1.165, 1.54) is 6.20 Å². The van der Waals surface area contributed by atoms with Gasteiger partial charge in [-0.05, 0) is 44.4 Å². The summed E-state index contributed by atoms with van der Waals surface area (Å²) in [6, 6.07) is 5.23. The minimum Gasteiger partial charge on any atom is -0.477 e. The molecule has 2 aromatic rings. The monoisotopic (exact) mass is 500 g/mol. The average Bonchev–Trinajstić information content (AvgIpc) is 2.86. The van der Waals surface area contributed by atoms with E-state index in [4.69, 9.17) is 18.9 Å². The fourth-order valence-electron chi connectivity index (χ4n) is 4.20. The van der Waals surface area contributed by atoms with Crippen LogP contribution in [0.2, 0.25) is 0 Å². The predicted molar refractivity (Wildman–Crippen MR) is 136 cm³/mol. The molecule has 2 heterocycles. The van der Waals surface area contributed by atoms with Gasteiger partial charge >= 0.3 is 5.97 Å². The van der Waals surface area contributed by atoms with Crippen molar-refractivity contribution in [2.45, 2.75) is 45.9 Å². The first-order valence-corrected chi connectivity index (χ1v) is 12.4. The van der Waals surface area contributed by atoms with Gasteiger partial charge in [-0.3, -0.25) is 10.1 Å². The highest BCUT2D eigenvalue weighted by molar-refractivity contribution is 5.92. The number of carboxylic acids is 1. The van der Waals surface area contributed by atoms with E-state index in [1.807, 2.05) is 13.0 Å². The Morgan fingerprint density at radius 3 is 2.81 bits per heavy atom. The standard InChI is InChI=1S/C27H36N2O7/c1-4-29-17-23(27(31)32)25(30)22-16-21(7-8-24(22)29)6-5-11-33-14-15-34-13-10-28-18-36-26-19(2)9-12-35-20(26)3/h7-8,16-17,19-20,26,28H,4,9-15,18H2,1-3H3,(H,31,32)/t19-,20-,26+/m0/s1. The van der Waals surface area contributed by atoms with Crippen LogP contribution >= 0.6 is 0 Å². The van der Waals surface area contributed by atoms with Crippen LogP contribution in [-0.2, 0) is 25.5 Å². The number of carbonyl (C=O) groups is 1. The number of aromatic nitrogens is 1. The summed E-state index contributed by atoms with van der Waals surface area (Å²) in [7, 11) is 0. The van der Waals surface area contributed by atoms with Crippen LogP contribution in [0.1, 0.15) is 43.1 Å². The van der Waals surface area contributed by atoms with Crippen molar-refractivity contribution in [3.63, 3.8) is 0 Å². The minimum absolute atomic E-state index is 0.119. The maximum atomic E-state index is 12.6. The fourth-order valence-corrected chi connectivity index (χ4v) is 4.20. The first-order chi connectivity index (χ1) is 17.4. The predicted octanol–water partition coefficient (Wildman–Crippen LogP) is 2.48. The van der Waals surface area contributed by atoms with Crippen molar-refractivity contribution in [3.8, 4) is 11.8 Å². The maximum Gasteiger partial charge on any atom is 0.341 e. The Labute approximate surface area is 211 Å². The Morgan fingerprint density at radius 1 is 1.25 bits per heavy atom. The topological polar surface area (TPSA) is 108 Å². The normalized spacial score (nSPS) is 19.7. The molecule has 0 aliphatic carbocycles. The molecule has 36 heavy (non-hydrogen) atoms. The first-order valence-electron chi connectivity index (χ1n) is 12.4. The minimum atomic E-state index is -1.24. The van der Waals surface area contributed by atoms with Crippen LogP contribution in [-0.4, -0.2) is 74.2 Å². The van der Waals surface area contributed by atoms with Gasteiger partial charge in [0.2, 0.25) is 5.43 Å². The molecule has 9 heteroatoms. The summed E-state index contributed by atoms with van der Waals surface area (Å²) in [6.07, 6.45) is 2.65. The zero-order valence-corrected chi connectivity index (χ0v) is 21.2. The summed E-state index contributed by atoms with van der Waals surface area (Å²) in [5.41, 5.74) is 0.553. The maximum absolute atomic E-state index is 12.6. The molecule has 0 amide bonds. The quantitative estimate of drug-likeness (QED) is 0.260. The molecule has 1 aliphatic heterocycles. The van der Waals surface area contributed by atoms with Crippen molar-refractivity contribution in [3.05, 3.63) is 45.7 Å². The summed E-state index contributed by atoms with van der Waals surface area (Å²) in [5, 5.41) is 12.9. The molecular formula is C27H36N2O7. The highest BCUT2D eigenvalue weighted by Crippen LogP contribution is 2.22. The summed E-state index contributed by atoms with van der Waals surface area (Å²) in [5.74, 6) is 5.14. The number of nitrogens with one attached hydrogen (secondary N) is 1. The number of ether oxygens (including phenoxy) is 4.